The molecular weight excluding hydrogens is 227 g/mol. The van der Waals surface area contributed by atoms with E-state index in [0.717, 1.165) is 16.7 Å². The maximum absolute atomic E-state index is 13.7. The van der Waals surface area contributed by atoms with Gasteiger partial charge in [0.2, 0.25) is 0 Å². The van der Waals surface area contributed by atoms with Gasteiger partial charge in [-0.2, -0.15) is 0 Å². The smallest absolute Gasteiger partial charge is 0.195 e. The van der Waals surface area contributed by atoms with E-state index in [1.54, 1.807) is 31.2 Å². The molecule has 1 nitrogen and oxygen atoms in total. The van der Waals surface area contributed by atoms with Crippen LogP contribution in [0.4, 0.5) is 4.39 Å². The summed E-state index contributed by atoms with van der Waals surface area (Å²) in [5.41, 5.74) is 3.62. The first kappa shape index (κ1) is 12.5. The highest BCUT2D eigenvalue weighted by atomic mass is 19.1. The van der Waals surface area contributed by atoms with Crippen molar-refractivity contribution in [2.75, 3.05) is 0 Å². The minimum absolute atomic E-state index is 0.129. The number of carbonyl (C=O) groups is 1. The third kappa shape index (κ3) is 2.33. The lowest BCUT2D eigenvalue weighted by Crippen LogP contribution is -2.05. The molecule has 2 rings (SSSR count). The Hall–Kier alpha value is -1.96. The van der Waals surface area contributed by atoms with Gasteiger partial charge < -0.3 is 0 Å². The number of rotatable bonds is 2. The third-order valence-corrected chi connectivity index (χ3v) is 3.14. The van der Waals surface area contributed by atoms with Crippen LogP contribution in [-0.2, 0) is 0 Å². The average molecular weight is 242 g/mol. The van der Waals surface area contributed by atoms with Crippen molar-refractivity contribution in [3.05, 3.63) is 70.0 Å². The molecule has 0 unspecified atom stereocenters. The molecule has 0 saturated carbocycles. The van der Waals surface area contributed by atoms with Gasteiger partial charge in [0.15, 0.2) is 5.78 Å². The molecule has 18 heavy (non-hydrogen) atoms. The molecule has 0 aliphatic carbocycles. The molecule has 2 aromatic carbocycles. The fourth-order valence-corrected chi connectivity index (χ4v) is 1.84. The zero-order valence-electron chi connectivity index (χ0n) is 10.8. The lowest BCUT2D eigenvalue weighted by atomic mass is 9.98. The van der Waals surface area contributed by atoms with Crippen LogP contribution < -0.4 is 0 Å². The van der Waals surface area contributed by atoms with Crippen LogP contribution in [0.25, 0.3) is 0 Å². The molecule has 2 aromatic rings. The maximum Gasteiger partial charge on any atom is 0.195 e. The lowest BCUT2D eigenvalue weighted by molar-refractivity contribution is 0.103. The summed E-state index contributed by atoms with van der Waals surface area (Å²) in [6.45, 7) is 5.72. The molecule has 0 atom stereocenters. The predicted molar refractivity (Wildman–Crippen MR) is 70.5 cm³/mol. The van der Waals surface area contributed by atoms with Crippen LogP contribution in [0.5, 0.6) is 0 Å². The van der Waals surface area contributed by atoms with E-state index in [4.69, 9.17) is 0 Å². The number of hydrogen-bond donors (Lipinski definition) is 0. The highest BCUT2D eigenvalue weighted by molar-refractivity contribution is 6.09. The van der Waals surface area contributed by atoms with Crippen molar-refractivity contribution >= 4 is 5.78 Å². The summed E-state index contributed by atoms with van der Waals surface area (Å²) in [5.74, 6) is -0.728. The van der Waals surface area contributed by atoms with Crippen molar-refractivity contribution in [1.82, 2.24) is 0 Å². The quantitative estimate of drug-likeness (QED) is 0.728. The zero-order chi connectivity index (χ0) is 13.3. The van der Waals surface area contributed by atoms with Crippen molar-refractivity contribution < 1.29 is 9.18 Å². The van der Waals surface area contributed by atoms with Gasteiger partial charge in [0.25, 0.3) is 0 Å². The van der Waals surface area contributed by atoms with Gasteiger partial charge in [-0.15, -0.1) is 0 Å². The van der Waals surface area contributed by atoms with Gasteiger partial charge in [-0.25, -0.2) is 4.39 Å². The second kappa shape index (κ2) is 4.73. The number of halogens is 1. The summed E-state index contributed by atoms with van der Waals surface area (Å²) in [5, 5.41) is 0. The first-order valence-electron chi connectivity index (χ1n) is 5.87. The van der Waals surface area contributed by atoms with Crippen LogP contribution in [0.3, 0.4) is 0 Å². The highest BCUT2D eigenvalue weighted by Gasteiger charge is 2.14. The van der Waals surface area contributed by atoms with E-state index >= 15 is 0 Å². The van der Waals surface area contributed by atoms with E-state index in [-0.39, 0.29) is 11.3 Å². The molecule has 0 saturated heterocycles. The summed E-state index contributed by atoms with van der Waals surface area (Å²) < 4.78 is 13.7. The molecule has 0 aromatic heterocycles. The van der Waals surface area contributed by atoms with Gasteiger partial charge in [0.1, 0.15) is 5.82 Å². The van der Waals surface area contributed by atoms with Crippen LogP contribution in [0.2, 0.25) is 0 Å². The second-order valence-electron chi connectivity index (χ2n) is 4.61. The van der Waals surface area contributed by atoms with Crippen LogP contribution >= 0.6 is 0 Å². The summed E-state index contributed by atoms with van der Waals surface area (Å²) in [6.07, 6.45) is 0. The Balaban J connectivity index is 2.44. The van der Waals surface area contributed by atoms with E-state index in [0.29, 0.717) is 5.56 Å². The minimum Gasteiger partial charge on any atom is -0.288 e. The van der Waals surface area contributed by atoms with E-state index < -0.39 is 5.82 Å². The summed E-state index contributed by atoms with van der Waals surface area (Å²) in [6, 6.07) is 10.1. The van der Waals surface area contributed by atoms with Crippen molar-refractivity contribution in [3.63, 3.8) is 0 Å². The van der Waals surface area contributed by atoms with Crippen LogP contribution in [0.1, 0.15) is 32.6 Å². The average Bonchev–Trinajstić information content (AvgIpc) is 2.32. The van der Waals surface area contributed by atoms with Crippen molar-refractivity contribution in [2.45, 2.75) is 20.8 Å². The SMILES string of the molecule is Cc1ccc(C(=O)c2ccc(C)c(C)c2)c(F)c1. The van der Waals surface area contributed by atoms with Crippen molar-refractivity contribution in [1.29, 1.82) is 0 Å². The molecule has 0 amide bonds. The van der Waals surface area contributed by atoms with Gasteiger partial charge >= 0.3 is 0 Å². The number of hydrogen-bond acceptors (Lipinski definition) is 1. The van der Waals surface area contributed by atoms with Crippen LogP contribution in [0, 0.1) is 26.6 Å². The molecular formula is C16H15FO. The number of benzene rings is 2. The second-order valence-corrected chi connectivity index (χ2v) is 4.61. The van der Waals surface area contributed by atoms with Gasteiger partial charge in [-0.1, -0.05) is 18.2 Å². The first-order chi connectivity index (χ1) is 8.49. The molecule has 0 bridgehead atoms. The highest BCUT2D eigenvalue weighted by Crippen LogP contribution is 2.17. The Bertz CT molecular complexity index is 614. The summed E-state index contributed by atoms with van der Waals surface area (Å²) >= 11 is 0. The fourth-order valence-electron chi connectivity index (χ4n) is 1.84. The molecule has 0 spiro atoms. The molecule has 2 heteroatoms. The van der Waals surface area contributed by atoms with E-state index in [9.17, 15) is 9.18 Å². The van der Waals surface area contributed by atoms with Gasteiger partial charge in [-0.05, 0) is 55.7 Å². The summed E-state index contributed by atoms with van der Waals surface area (Å²) in [7, 11) is 0. The van der Waals surface area contributed by atoms with Gasteiger partial charge in [0, 0.05) is 5.56 Å². The molecule has 0 aliphatic rings. The van der Waals surface area contributed by atoms with E-state index in [1.807, 2.05) is 19.9 Å². The fraction of sp³-hybridized carbons (Fsp3) is 0.188. The normalized spacial score (nSPS) is 10.4. The predicted octanol–water partition coefficient (Wildman–Crippen LogP) is 3.98. The largest absolute Gasteiger partial charge is 0.288 e. The maximum atomic E-state index is 13.7. The Labute approximate surface area is 106 Å². The molecule has 92 valence electrons. The molecule has 0 N–H and O–H groups in total. The molecule has 0 aliphatic heterocycles. The van der Waals surface area contributed by atoms with E-state index in [2.05, 4.69) is 0 Å². The van der Waals surface area contributed by atoms with Crippen LogP contribution in [-0.4, -0.2) is 5.78 Å². The number of aryl methyl sites for hydroxylation is 3. The Kier molecular flexibility index (Phi) is 3.28. The minimum atomic E-state index is -0.460. The molecule has 0 heterocycles. The van der Waals surface area contributed by atoms with Gasteiger partial charge in [0.05, 0.1) is 5.56 Å². The Morgan fingerprint density at radius 2 is 1.67 bits per heavy atom. The topological polar surface area (TPSA) is 17.1 Å². The zero-order valence-corrected chi connectivity index (χ0v) is 10.8. The molecule has 0 fully saturated rings. The van der Waals surface area contributed by atoms with Crippen molar-refractivity contribution in [2.24, 2.45) is 0 Å². The van der Waals surface area contributed by atoms with E-state index in [1.165, 1.54) is 6.07 Å². The summed E-state index contributed by atoms with van der Waals surface area (Å²) in [4.78, 5) is 12.2. The Morgan fingerprint density at radius 3 is 2.28 bits per heavy atom. The number of carbonyl (C=O) groups excluding carboxylic acids is 1. The third-order valence-electron chi connectivity index (χ3n) is 3.14. The Morgan fingerprint density at radius 1 is 0.944 bits per heavy atom. The lowest BCUT2D eigenvalue weighted by Gasteiger charge is -2.06. The first-order valence-corrected chi connectivity index (χ1v) is 5.87. The van der Waals surface area contributed by atoms with Crippen LogP contribution in [0.15, 0.2) is 36.4 Å². The van der Waals surface area contributed by atoms with Gasteiger partial charge in [-0.3, -0.25) is 4.79 Å². The number of ketones is 1. The molecule has 0 radical (unpaired) electrons. The van der Waals surface area contributed by atoms with Crippen molar-refractivity contribution in [3.8, 4) is 0 Å². The monoisotopic (exact) mass is 242 g/mol. The standard InChI is InChI=1S/C16H15FO/c1-10-4-7-14(15(17)8-10)16(18)13-6-5-11(2)12(3)9-13/h4-9H,1-3H3.